The molecule has 7 heterocycles. The standard InChI is InChI=1S/C54H63F2N9O5/c1-4-37-42(55)10-7-35-24-36(66)26-40(45(35)37)48-46(56)49-41(27-57-48)50(65-19-5-16-53(2,69)29-65)60-52(59-49)70-31-54(17-18-54)30-64-20-12-32(13-21-64)28-63-22-14-33(15-23-63)34-6-8-38-43(25-34)62(3)61-47(38)39-9-11-44(67)58-51(39)68/h6-8,10,24-27,32-33,39,66,69H,4-5,9,11-23,28-31H2,1-3H3,(H,58,67,68)/t39?,53-/m1/s1. The van der Waals surface area contributed by atoms with E-state index in [-0.39, 0.29) is 45.8 Å². The molecule has 1 saturated carbocycles. The van der Waals surface area contributed by atoms with E-state index in [1.54, 1.807) is 25.3 Å². The van der Waals surface area contributed by atoms with Gasteiger partial charge in [-0.05, 0) is 155 Å². The number of anilines is 1. The first-order chi connectivity index (χ1) is 33.7. The monoisotopic (exact) mass is 955 g/mol. The molecule has 0 spiro atoms. The summed E-state index contributed by atoms with van der Waals surface area (Å²) in [4.78, 5) is 45.8. The first-order valence-electron chi connectivity index (χ1n) is 25.4. The zero-order chi connectivity index (χ0) is 48.5. The van der Waals surface area contributed by atoms with E-state index in [0.717, 1.165) is 101 Å². The number of aliphatic hydroxyl groups is 1. The minimum atomic E-state index is -0.960. The average Bonchev–Trinajstić information content (AvgIpc) is 4.04. The summed E-state index contributed by atoms with van der Waals surface area (Å²) in [6.07, 6.45) is 10.6. The highest BCUT2D eigenvalue weighted by Crippen LogP contribution is 2.47. The summed E-state index contributed by atoms with van der Waals surface area (Å²) >= 11 is 0. The van der Waals surface area contributed by atoms with Crippen molar-refractivity contribution < 1.29 is 33.3 Å². The van der Waals surface area contributed by atoms with Gasteiger partial charge < -0.3 is 29.6 Å². The van der Waals surface area contributed by atoms with Gasteiger partial charge in [0.05, 0.1) is 34.7 Å². The number of fused-ring (bicyclic) bond motifs is 3. The molecule has 4 aliphatic heterocycles. The SMILES string of the molecule is CCc1c(F)ccc2cc(O)cc(-c3ncc4c(N5CCC[C@@](C)(O)C5)nc(OCC5(CN6CCC(CN7CCC(c8ccc9c(C%10CCC(=O)NC%10=O)nn(C)c9c8)CC7)CC6)CC5)nc4c3F)c12. The Kier molecular flexibility index (Phi) is 12.2. The van der Waals surface area contributed by atoms with E-state index in [1.165, 1.54) is 17.7 Å². The fraction of sp³-hybridized carbons (Fsp3) is 0.519. The number of likely N-dealkylation sites (tertiary alicyclic amines) is 2. The van der Waals surface area contributed by atoms with Gasteiger partial charge in [0.1, 0.15) is 28.6 Å². The van der Waals surface area contributed by atoms with Crippen molar-refractivity contribution in [1.29, 1.82) is 0 Å². The van der Waals surface area contributed by atoms with E-state index >= 15 is 8.78 Å². The number of carbonyl (C=O) groups is 2. The third-order valence-corrected chi connectivity index (χ3v) is 16.2. The third kappa shape index (κ3) is 9.06. The zero-order valence-electron chi connectivity index (χ0n) is 40.4. The van der Waals surface area contributed by atoms with E-state index in [0.29, 0.717) is 84.8 Å². The van der Waals surface area contributed by atoms with Gasteiger partial charge in [-0.3, -0.25) is 24.6 Å². The molecule has 70 heavy (non-hydrogen) atoms. The number of pyridine rings is 1. The summed E-state index contributed by atoms with van der Waals surface area (Å²) in [5.41, 5.74) is 2.76. The highest BCUT2D eigenvalue weighted by atomic mass is 19.1. The maximum atomic E-state index is 17.1. The molecule has 16 heteroatoms. The highest BCUT2D eigenvalue weighted by molar-refractivity contribution is 6.03. The molecule has 11 rings (SSSR count). The predicted molar refractivity (Wildman–Crippen MR) is 264 cm³/mol. The molecule has 3 N–H and O–H groups in total. The van der Waals surface area contributed by atoms with Crippen LogP contribution in [0.1, 0.15) is 107 Å². The van der Waals surface area contributed by atoms with Gasteiger partial charge in [0.2, 0.25) is 11.8 Å². The summed E-state index contributed by atoms with van der Waals surface area (Å²) < 4.78 is 40.7. The molecule has 5 fully saturated rings. The van der Waals surface area contributed by atoms with Crippen LogP contribution < -0.4 is 15.0 Å². The van der Waals surface area contributed by atoms with Crippen molar-refractivity contribution in [3.8, 4) is 23.0 Å². The number of benzene rings is 3. The Morgan fingerprint density at radius 3 is 2.44 bits per heavy atom. The fourth-order valence-corrected chi connectivity index (χ4v) is 12.1. The molecule has 2 atom stereocenters. The number of β-amino-alcohol motifs (C(OH)–C–C–N with tert-alkyl or cyclic N) is 1. The lowest BCUT2D eigenvalue weighted by Crippen LogP contribution is -2.46. The molecule has 5 aliphatic rings. The lowest BCUT2D eigenvalue weighted by molar-refractivity contribution is -0.134. The van der Waals surface area contributed by atoms with Gasteiger partial charge in [-0.25, -0.2) is 8.78 Å². The number of nitrogens with one attached hydrogen (secondary N) is 1. The number of nitrogens with zero attached hydrogens (tertiary/aromatic N) is 8. The second-order valence-electron chi connectivity index (χ2n) is 21.4. The Bertz CT molecular complexity index is 3010. The van der Waals surface area contributed by atoms with Gasteiger partial charge in [-0.2, -0.15) is 15.1 Å². The molecule has 14 nitrogen and oxygen atoms in total. The summed E-state index contributed by atoms with van der Waals surface area (Å²) in [5, 5.41) is 31.5. The Morgan fingerprint density at radius 1 is 0.914 bits per heavy atom. The number of piperidine rings is 4. The van der Waals surface area contributed by atoms with Crippen LogP contribution in [-0.4, -0.2) is 121 Å². The fourth-order valence-electron chi connectivity index (χ4n) is 12.1. The Labute approximate surface area is 406 Å². The highest BCUT2D eigenvalue weighted by Gasteiger charge is 2.46. The molecule has 3 aromatic heterocycles. The van der Waals surface area contributed by atoms with Crippen LogP contribution in [0.15, 0.2) is 48.7 Å². The average molecular weight is 956 g/mol. The van der Waals surface area contributed by atoms with Crippen LogP contribution in [0.3, 0.4) is 0 Å². The summed E-state index contributed by atoms with van der Waals surface area (Å²) in [6.45, 7) is 11.2. The Balaban J connectivity index is 0.733. The normalized spacial score (nSPS) is 22.9. The molecular formula is C54H63F2N9O5. The number of aromatic hydroxyl groups is 1. The van der Waals surface area contributed by atoms with Crippen molar-refractivity contribution in [2.24, 2.45) is 18.4 Å². The number of imide groups is 1. The lowest BCUT2D eigenvalue weighted by atomic mass is 9.87. The van der Waals surface area contributed by atoms with Crippen molar-refractivity contribution >= 4 is 50.2 Å². The number of carbonyl (C=O) groups excluding carboxylic acids is 2. The van der Waals surface area contributed by atoms with E-state index in [4.69, 9.17) is 19.8 Å². The van der Waals surface area contributed by atoms with Gasteiger partial charge in [0, 0.05) is 62.2 Å². The van der Waals surface area contributed by atoms with Crippen LogP contribution >= 0.6 is 0 Å². The van der Waals surface area contributed by atoms with Crippen LogP contribution in [0, 0.1) is 23.0 Å². The van der Waals surface area contributed by atoms with Crippen molar-refractivity contribution in [2.75, 3.05) is 63.9 Å². The number of aromatic nitrogens is 5. The van der Waals surface area contributed by atoms with E-state index in [9.17, 15) is 19.8 Å². The molecule has 368 valence electrons. The van der Waals surface area contributed by atoms with E-state index < -0.39 is 23.2 Å². The topological polar surface area (TPSA) is 162 Å². The van der Waals surface area contributed by atoms with E-state index in [2.05, 4.69) is 38.3 Å². The summed E-state index contributed by atoms with van der Waals surface area (Å²) in [5.74, 6) is -0.519. The first kappa shape index (κ1) is 46.5. The van der Waals surface area contributed by atoms with Crippen molar-refractivity contribution in [3.63, 3.8) is 0 Å². The van der Waals surface area contributed by atoms with Gasteiger partial charge >= 0.3 is 6.01 Å². The molecular weight excluding hydrogens is 893 g/mol. The van der Waals surface area contributed by atoms with E-state index in [1.807, 2.05) is 23.6 Å². The summed E-state index contributed by atoms with van der Waals surface area (Å²) in [6, 6.07) is 12.6. The van der Waals surface area contributed by atoms with Crippen LogP contribution in [0.4, 0.5) is 14.6 Å². The van der Waals surface area contributed by atoms with Crippen LogP contribution in [0.2, 0.25) is 0 Å². The van der Waals surface area contributed by atoms with Crippen LogP contribution in [0.25, 0.3) is 43.8 Å². The molecule has 0 bridgehead atoms. The minimum absolute atomic E-state index is 0.0191. The van der Waals surface area contributed by atoms with Crippen LogP contribution in [0.5, 0.6) is 11.8 Å². The molecule has 1 aliphatic carbocycles. The smallest absolute Gasteiger partial charge is 0.319 e. The molecule has 4 saturated heterocycles. The number of phenols is 1. The van der Waals surface area contributed by atoms with Gasteiger partial charge in [-0.1, -0.05) is 25.1 Å². The quantitative estimate of drug-likeness (QED) is 0.102. The third-order valence-electron chi connectivity index (χ3n) is 16.2. The molecule has 6 aromatic rings. The Morgan fingerprint density at radius 2 is 1.70 bits per heavy atom. The largest absolute Gasteiger partial charge is 0.508 e. The minimum Gasteiger partial charge on any atom is -0.508 e. The first-order valence-corrected chi connectivity index (χ1v) is 25.4. The molecule has 1 unspecified atom stereocenters. The lowest BCUT2D eigenvalue weighted by Gasteiger charge is -2.38. The molecule has 2 amide bonds. The Hall–Kier alpha value is -5.84. The second kappa shape index (κ2) is 18.4. The number of halogens is 2. The van der Waals surface area contributed by atoms with Gasteiger partial charge in [0.15, 0.2) is 5.82 Å². The number of aryl methyl sites for hydroxylation is 2. The number of phenolic OH excluding ortho intramolecular Hbond substituents is 1. The number of amides is 2. The second-order valence-corrected chi connectivity index (χ2v) is 21.4. The predicted octanol–water partition coefficient (Wildman–Crippen LogP) is 7.90. The number of rotatable bonds is 12. The number of hydrogen-bond donors (Lipinski definition) is 3. The van der Waals surface area contributed by atoms with Crippen LogP contribution in [-0.2, 0) is 23.1 Å². The van der Waals surface area contributed by atoms with Crippen molar-refractivity contribution in [1.82, 2.24) is 39.8 Å². The number of hydrogen-bond acceptors (Lipinski definition) is 12. The maximum Gasteiger partial charge on any atom is 0.319 e. The zero-order valence-corrected chi connectivity index (χ0v) is 40.4. The maximum absolute atomic E-state index is 17.1. The molecule has 3 aromatic carbocycles. The number of ether oxygens (including phenoxy) is 1. The van der Waals surface area contributed by atoms with Crippen molar-refractivity contribution in [2.45, 2.75) is 102 Å². The van der Waals surface area contributed by atoms with Crippen molar-refractivity contribution in [3.05, 3.63) is 77.1 Å². The van der Waals surface area contributed by atoms with Gasteiger partial charge in [-0.15, -0.1) is 0 Å². The molecule has 0 radical (unpaired) electrons. The summed E-state index contributed by atoms with van der Waals surface area (Å²) in [7, 11) is 1.93. The van der Waals surface area contributed by atoms with Gasteiger partial charge in [0.25, 0.3) is 0 Å².